The molecule has 3 rings (SSSR count). The topological polar surface area (TPSA) is 42.0 Å². The third-order valence-electron chi connectivity index (χ3n) is 3.27. The number of anilines is 1. The van der Waals surface area contributed by atoms with Crippen LogP contribution in [0.2, 0.25) is 15.1 Å². The first-order valence-corrected chi connectivity index (χ1v) is 8.98. The molecule has 0 bridgehead atoms. The van der Waals surface area contributed by atoms with Gasteiger partial charge in [-0.15, -0.1) is 11.3 Å². The van der Waals surface area contributed by atoms with Gasteiger partial charge in [-0.05, 0) is 29.8 Å². The average molecular weight is 398 g/mol. The number of nitrogens with zero attached hydrogens (tertiary/aromatic N) is 1. The van der Waals surface area contributed by atoms with Gasteiger partial charge in [0.1, 0.15) is 0 Å². The number of amides is 1. The highest BCUT2D eigenvalue weighted by molar-refractivity contribution is 7.14. The van der Waals surface area contributed by atoms with Crippen LogP contribution in [-0.2, 0) is 11.2 Å². The Morgan fingerprint density at radius 1 is 1.08 bits per heavy atom. The van der Waals surface area contributed by atoms with Crippen molar-refractivity contribution in [3.05, 3.63) is 68.5 Å². The molecule has 7 heteroatoms. The lowest BCUT2D eigenvalue weighted by molar-refractivity contribution is -0.115. The molecule has 0 fully saturated rings. The van der Waals surface area contributed by atoms with Crippen molar-refractivity contribution in [3.63, 3.8) is 0 Å². The van der Waals surface area contributed by atoms with Crippen LogP contribution in [0.1, 0.15) is 5.56 Å². The van der Waals surface area contributed by atoms with E-state index in [4.69, 9.17) is 34.8 Å². The van der Waals surface area contributed by atoms with Crippen LogP contribution in [0.5, 0.6) is 0 Å². The van der Waals surface area contributed by atoms with E-state index >= 15 is 0 Å². The van der Waals surface area contributed by atoms with Crippen LogP contribution in [0, 0.1) is 0 Å². The molecule has 0 radical (unpaired) electrons. The van der Waals surface area contributed by atoms with E-state index in [0.717, 1.165) is 11.1 Å². The number of hydrogen-bond donors (Lipinski definition) is 1. The molecule has 122 valence electrons. The van der Waals surface area contributed by atoms with E-state index < -0.39 is 0 Å². The average Bonchev–Trinajstić information content (AvgIpc) is 2.97. The minimum atomic E-state index is -0.175. The lowest BCUT2D eigenvalue weighted by Crippen LogP contribution is -2.14. The van der Waals surface area contributed by atoms with Crippen molar-refractivity contribution in [1.82, 2.24) is 4.98 Å². The summed E-state index contributed by atoms with van der Waals surface area (Å²) >= 11 is 19.5. The van der Waals surface area contributed by atoms with Gasteiger partial charge in [-0.3, -0.25) is 4.79 Å². The number of carbonyl (C=O) groups is 1. The normalized spacial score (nSPS) is 10.6. The maximum Gasteiger partial charge on any atom is 0.230 e. The standard InChI is InChI=1S/C17H11Cl3N2OS/c18-11-5-6-12(14(20)8-11)15-9-24-17(21-15)22-16(23)7-10-3-1-2-4-13(10)19/h1-6,8-9H,7H2,(H,21,22,23). The first kappa shape index (κ1) is 17.2. The molecule has 24 heavy (non-hydrogen) atoms. The number of aromatic nitrogens is 1. The van der Waals surface area contributed by atoms with Gasteiger partial charge in [-0.1, -0.05) is 53.0 Å². The number of halogens is 3. The smallest absolute Gasteiger partial charge is 0.230 e. The van der Waals surface area contributed by atoms with Gasteiger partial charge in [0, 0.05) is 21.0 Å². The van der Waals surface area contributed by atoms with Gasteiger partial charge < -0.3 is 5.32 Å². The van der Waals surface area contributed by atoms with Crippen molar-refractivity contribution in [2.45, 2.75) is 6.42 Å². The second kappa shape index (κ2) is 7.53. The number of benzene rings is 2. The van der Waals surface area contributed by atoms with Gasteiger partial charge in [-0.2, -0.15) is 0 Å². The van der Waals surface area contributed by atoms with Crippen molar-refractivity contribution < 1.29 is 4.79 Å². The van der Waals surface area contributed by atoms with Gasteiger partial charge >= 0.3 is 0 Å². The molecule has 2 aromatic carbocycles. The summed E-state index contributed by atoms with van der Waals surface area (Å²) in [5.41, 5.74) is 2.23. The number of carbonyl (C=O) groups excluding carboxylic acids is 1. The predicted octanol–water partition coefficient (Wildman–Crippen LogP) is 5.95. The Kier molecular flexibility index (Phi) is 5.41. The summed E-state index contributed by atoms with van der Waals surface area (Å²) in [6.07, 6.45) is 0.191. The summed E-state index contributed by atoms with van der Waals surface area (Å²) in [6, 6.07) is 12.5. The Labute approximate surface area is 158 Å². The lowest BCUT2D eigenvalue weighted by Gasteiger charge is -2.04. The van der Waals surface area contributed by atoms with E-state index in [2.05, 4.69) is 10.3 Å². The highest BCUT2D eigenvalue weighted by atomic mass is 35.5. The fourth-order valence-corrected chi connectivity index (χ4v) is 3.56. The highest BCUT2D eigenvalue weighted by Crippen LogP contribution is 2.32. The number of hydrogen-bond acceptors (Lipinski definition) is 3. The van der Waals surface area contributed by atoms with E-state index in [-0.39, 0.29) is 12.3 Å². The van der Waals surface area contributed by atoms with Crippen molar-refractivity contribution in [2.75, 3.05) is 5.32 Å². The SMILES string of the molecule is O=C(Cc1ccccc1Cl)Nc1nc(-c2ccc(Cl)cc2Cl)cs1. The van der Waals surface area contributed by atoms with Crippen molar-refractivity contribution >= 4 is 57.2 Å². The summed E-state index contributed by atoms with van der Waals surface area (Å²) in [7, 11) is 0. The second-order valence-electron chi connectivity index (χ2n) is 4.98. The molecule has 1 amide bonds. The summed E-state index contributed by atoms with van der Waals surface area (Å²) in [4.78, 5) is 16.5. The van der Waals surface area contributed by atoms with Crippen molar-refractivity contribution in [1.29, 1.82) is 0 Å². The summed E-state index contributed by atoms with van der Waals surface area (Å²) in [5.74, 6) is -0.175. The predicted molar refractivity (Wildman–Crippen MR) is 101 cm³/mol. The third-order valence-corrected chi connectivity index (χ3v) is 4.94. The zero-order valence-electron chi connectivity index (χ0n) is 12.2. The molecule has 0 aliphatic rings. The molecule has 0 saturated carbocycles. The number of thiazole rings is 1. The van der Waals surface area contributed by atoms with Gasteiger partial charge in [0.25, 0.3) is 0 Å². The first-order chi connectivity index (χ1) is 11.5. The third kappa shape index (κ3) is 4.08. The molecule has 0 aliphatic carbocycles. The molecule has 0 aliphatic heterocycles. The minimum Gasteiger partial charge on any atom is -0.302 e. The molecule has 0 saturated heterocycles. The van der Waals surface area contributed by atoms with Crippen LogP contribution in [0.15, 0.2) is 47.8 Å². The fraction of sp³-hybridized carbons (Fsp3) is 0.0588. The molecule has 3 nitrogen and oxygen atoms in total. The minimum absolute atomic E-state index is 0.175. The number of nitrogens with one attached hydrogen (secondary N) is 1. The second-order valence-corrected chi connectivity index (χ2v) is 7.09. The zero-order chi connectivity index (χ0) is 17.1. The number of rotatable bonds is 4. The highest BCUT2D eigenvalue weighted by Gasteiger charge is 2.12. The first-order valence-electron chi connectivity index (χ1n) is 6.97. The Morgan fingerprint density at radius 3 is 2.62 bits per heavy atom. The summed E-state index contributed by atoms with van der Waals surface area (Å²) in [5, 5.41) is 6.77. The molecule has 1 aromatic heterocycles. The molecule has 0 unspecified atom stereocenters. The largest absolute Gasteiger partial charge is 0.302 e. The van der Waals surface area contributed by atoms with Crippen LogP contribution >= 0.6 is 46.1 Å². The van der Waals surface area contributed by atoms with Gasteiger partial charge in [-0.25, -0.2) is 4.98 Å². The Bertz CT molecular complexity index is 895. The van der Waals surface area contributed by atoms with E-state index in [1.54, 1.807) is 24.3 Å². The van der Waals surface area contributed by atoms with Crippen LogP contribution < -0.4 is 5.32 Å². The van der Waals surface area contributed by atoms with Gasteiger partial charge in [0.05, 0.1) is 17.1 Å². The summed E-state index contributed by atoms with van der Waals surface area (Å²) < 4.78 is 0. The van der Waals surface area contributed by atoms with Gasteiger partial charge in [0.2, 0.25) is 5.91 Å². The summed E-state index contributed by atoms with van der Waals surface area (Å²) in [6.45, 7) is 0. The molecule has 0 atom stereocenters. The van der Waals surface area contributed by atoms with E-state index in [9.17, 15) is 4.79 Å². The van der Waals surface area contributed by atoms with E-state index in [1.807, 2.05) is 23.6 Å². The zero-order valence-corrected chi connectivity index (χ0v) is 15.3. The van der Waals surface area contributed by atoms with Crippen molar-refractivity contribution in [2.24, 2.45) is 0 Å². The molecule has 1 heterocycles. The molecular formula is C17H11Cl3N2OS. The molecule has 3 aromatic rings. The Balaban J connectivity index is 1.72. The van der Waals surface area contributed by atoms with Crippen LogP contribution in [0.3, 0.4) is 0 Å². The van der Waals surface area contributed by atoms with Crippen molar-refractivity contribution in [3.8, 4) is 11.3 Å². The monoisotopic (exact) mass is 396 g/mol. The Hall–Kier alpha value is -1.59. The van der Waals surface area contributed by atoms with Gasteiger partial charge in [0.15, 0.2) is 5.13 Å². The van der Waals surface area contributed by atoms with Crippen LogP contribution in [0.4, 0.5) is 5.13 Å². The lowest BCUT2D eigenvalue weighted by atomic mass is 10.1. The maximum absolute atomic E-state index is 12.1. The molecular weight excluding hydrogens is 387 g/mol. The van der Waals surface area contributed by atoms with Crippen LogP contribution in [0.25, 0.3) is 11.3 Å². The fourth-order valence-electron chi connectivity index (χ4n) is 2.13. The van der Waals surface area contributed by atoms with Crippen LogP contribution in [-0.4, -0.2) is 10.9 Å². The maximum atomic E-state index is 12.1. The Morgan fingerprint density at radius 2 is 1.88 bits per heavy atom. The van der Waals surface area contributed by atoms with E-state index in [1.165, 1.54) is 11.3 Å². The van der Waals surface area contributed by atoms with E-state index in [0.29, 0.717) is 25.9 Å². The quantitative estimate of drug-likeness (QED) is 0.591. The molecule has 1 N–H and O–H groups in total. The molecule has 0 spiro atoms.